The summed E-state index contributed by atoms with van der Waals surface area (Å²) in [4.78, 5) is 41.6. The highest BCUT2D eigenvalue weighted by molar-refractivity contribution is 7.99. The van der Waals surface area contributed by atoms with Crippen molar-refractivity contribution >= 4 is 35.3 Å². The largest absolute Gasteiger partial charge is 0.361 e. The van der Waals surface area contributed by atoms with Crippen molar-refractivity contribution in [3.05, 3.63) is 60.2 Å². The smallest absolute Gasteiger partial charge is 0.344 e. The van der Waals surface area contributed by atoms with Gasteiger partial charge in [-0.3, -0.25) is 15.0 Å². The van der Waals surface area contributed by atoms with Crippen LogP contribution in [0, 0.1) is 0 Å². The Hall–Kier alpha value is -3.00. The van der Waals surface area contributed by atoms with Crippen LogP contribution < -0.4 is 15.6 Å². The first-order chi connectivity index (χ1) is 14.5. The Morgan fingerprint density at radius 3 is 2.63 bits per heavy atom. The van der Waals surface area contributed by atoms with Crippen LogP contribution in [0.25, 0.3) is 0 Å². The molecule has 0 bridgehead atoms. The Morgan fingerprint density at radius 2 is 1.87 bits per heavy atom. The zero-order valence-corrected chi connectivity index (χ0v) is 17.6. The molecule has 0 saturated carbocycles. The molecule has 4 rings (SSSR count). The SMILES string of the molecule is CCC1(c2ccccc2)NC(=O)N(NC(=O)CN2CCCSc3ccccc32)C1=O. The fraction of sp³-hybridized carbons (Fsp3) is 0.318. The second-order valence-electron chi connectivity index (χ2n) is 7.32. The molecule has 0 radical (unpaired) electrons. The van der Waals surface area contributed by atoms with E-state index in [1.807, 2.05) is 54.3 Å². The summed E-state index contributed by atoms with van der Waals surface area (Å²) in [6.07, 6.45) is 1.33. The third kappa shape index (κ3) is 3.63. The number of carbonyl (C=O) groups excluding carboxylic acids is 3. The molecule has 2 aliphatic rings. The van der Waals surface area contributed by atoms with Crippen molar-refractivity contribution in [1.29, 1.82) is 0 Å². The molecule has 2 aromatic rings. The maximum absolute atomic E-state index is 13.2. The van der Waals surface area contributed by atoms with E-state index in [-0.39, 0.29) is 6.54 Å². The van der Waals surface area contributed by atoms with Crippen molar-refractivity contribution in [2.75, 3.05) is 23.7 Å². The van der Waals surface area contributed by atoms with E-state index in [0.717, 1.165) is 34.3 Å². The topological polar surface area (TPSA) is 81.8 Å². The molecule has 0 spiro atoms. The number of fused-ring (bicyclic) bond motifs is 1. The molecule has 1 fully saturated rings. The minimum absolute atomic E-state index is 0.0685. The highest BCUT2D eigenvalue weighted by Crippen LogP contribution is 2.34. The van der Waals surface area contributed by atoms with Gasteiger partial charge in [0.05, 0.1) is 12.2 Å². The van der Waals surface area contributed by atoms with Crippen molar-refractivity contribution in [2.45, 2.75) is 30.2 Å². The number of rotatable bonds is 5. The molecule has 0 aromatic heterocycles. The lowest BCUT2D eigenvalue weighted by molar-refractivity contribution is -0.139. The third-order valence-electron chi connectivity index (χ3n) is 5.50. The number of para-hydroxylation sites is 1. The summed E-state index contributed by atoms with van der Waals surface area (Å²) in [6.45, 7) is 2.64. The minimum atomic E-state index is -1.17. The molecule has 2 aliphatic heterocycles. The molecule has 8 heteroatoms. The number of nitrogens with zero attached hydrogens (tertiary/aromatic N) is 2. The van der Waals surface area contributed by atoms with Crippen LogP contribution in [-0.2, 0) is 15.1 Å². The van der Waals surface area contributed by atoms with Gasteiger partial charge in [0.1, 0.15) is 5.54 Å². The van der Waals surface area contributed by atoms with Crippen molar-refractivity contribution in [3.63, 3.8) is 0 Å². The molecular weight excluding hydrogens is 400 g/mol. The average Bonchev–Trinajstić information content (AvgIpc) is 2.90. The number of hydrogen-bond acceptors (Lipinski definition) is 5. The van der Waals surface area contributed by atoms with Crippen molar-refractivity contribution < 1.29 is 14.4 Å². The summed E-state index contributed by atoms with van der Waals surface area (Å²) in [5.74, 6) is 0.111. The minimum Gasteiger partial charge on any atom is -0.361 e. The Labute approximate surface area is 179 Å². The lowest BCUT2D eigenvalue weighted by atomic mass is 9.87. The van der Waals surface area contributed by atoms with Gasteiger partial charge in [-0.05, 0) is 36.3 Å². The zero-order valence-electron chi connectivity index (χ0n) is 16.8. The summed E-state index contributed by atoms with van der Waals surface area (Å²) in [6, 6.07) is 16.5. The number of hydrogen-bond donors (Lipinski definition) is 2. The Bertz CT molecular complexity index is 968. The van der Waals surface area contributed by atoms with E-state index >= 15 is 0 Å². The van der Waals surface area contributed by atoms with Crippen LogP contribution >= 0.6 is 11.8 Å². The molecule has 0 aliphatic carbocycles. The van der Waals surface area contributed by atoms with E-state index < -0.39 is 23.4 Å². The van der Waals surface area contributed by atoms with Crippen LogP contribution in [0.4, 0.5) is 10.5 Å². The standard InChI is InChI=1S/C22H24N4O3S/c1-2-22(16-9-4-3-5-10-16)20(28)26(21(29)23-22)24-19(27)15-25-13-8-14-30-18-12-7-6-11-17(18)25/h3-7,9-12H,2,8,13-15H2,1H3,(H,23,29)(H,24,27). The molecule has 1 unspecified atom stereocenters. The van der Waals surface area contributed by atoms with Gasteiger partial charge in [0.2, 0.25) is 0 Å². The maximum atomic E-state index is 13.2. The summed E-state index contributed by atoms with van der Waals surface area (Å²) >= 11 is 1.77. The number of thioether (sulfide) groups is 1. The lowest BCUT2D eigenvalue weighted by Crippen LogP contribution is -2.51. The number of urea groups is 1. The van der Waals surface area contributed by atoms with E-state index in [2.05, 4.69) is 10.7 Å². The van der Waals surface area contributed by atoms with Gasteiger partial charge in [0.15, 0.2) is 0 Å². The van der Waals surface area contributed by atoms with E-state index in [0.29, 0.717) is 12.0 Å². The average molecular weight is 425 g/mol. The monoisotopic (exact) mass is 424 g/mol. The van der Waals surface area contributed by atoms with Crippen molar-refractivity contribution in [2.24, 2.45) is 0 Å². The number of amides is 4. The maximum Gasteiger partial charge on any atom is 0.344 e. The number of benzene rings is 2. The van der Waals surface area contributed by atoms with Crippen molar-refractivity contribution in [1.82, 2.24) is 15.8 Å². The summed E-state index contributed by atoms with van der Waals surface area (Å²) in [5.41, 5.74) is 3.05. The van der Waals surface area contributed by atoms with Gasteiger partial charge in [-0.15, -0.1) is 11.8 Å². The van der Waals surface area contributed by atoms with Gasteiger partial charge in [-0.2, -0.15) is 5.01 Å². The first-order valence-electron chi connectivity index (χ1n) is 10.0. The third-order valence-corrected chi connectivity index (χ3v) is 6.64. The normalized spacial score (nSPS) is 21.1. The van der Waals surface area contributed by atoms with Gasteiger partial charge in [-0.1, -0.05) is 49.4 Å². The highest BCUT2D eigenvalue weighted by atomic mass is 32.2. The zero-order chi connectivity index (χ0) is 21.1. The molecule has 7 nitrogen and oxygen atoms in total. The molecule has 2 aromatic carbocycles. The number of imide groups is 1. The molecule has 2 N–H and O–H groups in total. The van der Waals surface area contributed by atoms with E-state index in [9.17, 15) is 14.4 Å². The van der Waals surface area contributed by atoms with Gasteiger partial charge in [0.25, 0.3) is 11.8 Å². The Balaban J connectivity index is 1.50. The summed E-state index contributed by atoms with van der Waals surface area (Å²) in [5, 5.41) is 3.59. The van der Waals surface area contributed by atoms with Gasteiger partial charge in [0, 0.05) is 11.4 Å². The molecular formula is C22H24N4O3S. The molecule has 2 heterocycles. The van der Waals surface area contributed by atoms with Crippen LogP contribution in [0.1, 0.15) is 25.3 Å². The van der Waals surface area contributed by atoms with E-state index in [1.54, 1.807) is 23.9 Å². The fourth-order valence-corrected chi connectivity index (χ4v) is 4.95. The van der Waals surface area contributed by atoms with Crippen LogP contribution in [0.2, 0.25) is 0 Å². The molecule has 4 amide bonds. The first kappa shape index (κ1) is 20.3. The highest BCUT2D eigenvalue weighted by Gasteiger charge is 2.52. The number of nitrogens with one attached hydrogen (secondary N) is 2. The van der Waals surface area contributed by atoms with Gasteiger partial charge < -0.3 is 10.2 Å². The summed E-state index contributed by atoms with van der Waals surface area (Å²) in [7, 11) is 0. The van der Waals surface area contributed by atoms with Crippen LogP contribution in [0.5, 0.6) is 0 Å². The fourth-order valence-electron chi connectivity index (χ4n) is 3.93. The van der Waals surface area contributed by atoms with E-state index in [1.165, 1.54) is 0 Å². The van der Waals surface area contributed by atoms with Crippen LogP contribution in [-0.4, -0.2) is 41.7 Å². The Kier molecular flexibility index (Phi) is 5.67. The van der Waals surface area contributed by atoms with Crippen LogP contribution in [0.3, 0.4) is 0 Å². The van der Waals surface area contributed by atoms with Crippen molar-refractivity contribution in [3.8, 4) is 0 Å². The number of anilines is 1. The second-order valence-corrected chi connectivity index (χ2v) is 8.46. The molecule has 156 valence electrons. The Morgan fingerprint density at radius 1 is 1.13 bits per heavy atom. The molecule has 1 atom stereocenters. The van der Waals surface area contributed by atoms with E-state index in [4.69, 9.17) is 0 Å². The lowest BCUT2D eigenvalue weighted by Gasteiger charge is -2.26. The second kappa shape index (κ2) is 8.39. The molecule has 1 saturated heterocycles. The predicted molar refractivity (Wildman–Crippen MR) is 116 cm³/mol. The molecule has 30 heavy (non-hydrogen) atoms. The number of hydrazine groups is 1. The summed E-state index contributed by atoms with van der Waals surface area (Å²) < 4.78 is 0. The predicted octanol–water partition coefficient (Wildman–Crippen LogP) is 2.88. The number of carbonyl (C=O) groups is 3. The van der Waals surface area contributed by atoms with Gasteiger partial charge in [-0.25, -0.2) is 4.79 Å². The first-order valence-corrected chi connectivity index (χ1v) is 11.0. The quantitative estimate of drug-likeness (QED) is 0.722. The van der Waals surface area contributed by atoms with Crippen LogP contribution in [0.15, 0.2) is 59.5 Å². The van der Waals surface area contributed by atoms with Gasteiger partial charge >= 0.3 is 6.03 Å².